The molecule has 2 bridgehead atoms. The number of rotatable bonds is 3. The first-order valence-electron chi connectivity index (χ1n) is 7.08. The van der Waals surface area contributed by atoms with E-state index in [4.69, 9.17) is 5.73 Å². The quantitative estimate of drug-likeness (QED) is 0.901. The van der Waals surface area contributed by atoms with Gasteiger partial charge in [-0.2, -0.15) is 0 Å². The maximum Gasteiger partial charge on any atom is 0.231 e. The molecule has 0 aliphatic heterocycles. The summed E-state index contributed by atoms with van der Waals surface area (Å²) in [5, 5.41) is 5.69. The van der Waals surface area contributed by atoms with Gasteiger partial charge in [0.05, 0.1) is 11.6 Å². The van der Waals surface area contributed by atoms with Gasteiger partial charge in [-0.3, -0.25) is 4.79 Å². The number of fused-ring (bicyclic) bond motifs is 2. The predicted octanol–water partition coefficient (Wildman–Crippen LogP) is 3.00. The van der Waals surface area contributed by atoms with Crippen molar-refractivity contribution < 1.29 is 4.79 Å². The van der Waals surface area contributed by atoms with Crippen molar-refractivity contribution in [1.29, 1.82) is 0 Å². The number of carbonyl (C=O) groups excluding carboxylic acids is 1. The number of nitrogens with one attached hydrogen (secondary N) is 1. The molecule has 0 spiro atoms. The number of nitrogens with two attached hydrogens (primary N) is 1. The molecule has 0 saturated heterocycles. The lowest BCUT2D eigenvalue weighted by molar-refractivity contribution is -0.121. The average Bonchev–Trinajstić information content (AvgIpc) is 3.02. The van der Waals surface area contributed by atoms with E-state index in [9.17, 15) is 4.79 Å². The minimum Gasteiger partial charge on any atom is -0.327 e. The number of hydrogen-bond donors (Lipinski definition) is 2. The van der Waals surface area contributed by atoms with Crippen molar-refractivity contribution in [2.75, 3.05) is 5.32 Å². The van der Waals surface area contributed by atoms with E-state index in [0.717, 1.165) is 18.5 Å². The molecule has 2 saturated carbocycles. The summed E-state index contributed by atoms with van der Waals surface area (Å²) in [7, 11) is 0. The van der Waals surface area contributed by atoms with Crippen molar-refractivity contribution in [2.45, 2.75) is 45.1 Å². The summed E-state index contributed by atoms with van der Waals surface area (Å²) in [4.78, 5) is 16.8. The third kappa shape index (κ3) is 2.71. The van der Waals surface area contributed by atoms with Crippen LogP contribution in [0, 0.1) is 17.8 Å². The molecule has 3 rings (SSSR count). The van der Waals surface area contributed by atoms with Gasteiger partial charge in [-0.15, -0.1) is 23.7 Å². The van der Waals surface area contributed by atoms with Crippen LogP contribution in [-0.4, -0.2) is 16.9 Å². The van der Waals surface area contributed by atoms with Crippen LogP contribution in [0.3, 0.4) is 0 Å². The summed E-state index contributed by atoms with van der Waals surface area (Å²) in [6.07, 6.45) is 3.49. The number of nitrogens with zero attached hydrogens (tertiary/aromatic N) is 1. The number of anilines is 1. The Labute approximate surface area is 129 Å². The Hall–Kier alpha value is -0.650. The van der Waals surface area contributed by atoms with E-state index in [0.29, 0.717) is 22.9 Å². The summed E-state index contributed by atoms with van der Waals surface area (Å²) < 4.78 is 0. The van der Waals surface area contributed by atoms with Crippen LogP contribution >= 0.6 is 23.7 Å². The first-order chi connectivity index (χ1) is 9.06. The van der Waals surface area contributed by atoms with Gasteiger partial charge in [0.15, 0.2) is 5.13 Å². The molecule has 2 aliphatic carbocycles. The third-order valence-corrected chi connectivity index (χ3v) is 5.40. The maximum atomic E-state index is 12.4. The monoisotopic (exact) mass is 315 g/mol. The Balaban J connectivity index is 0.00000147. The fraction of sp³-hybridized carbons (Fsp3) is 0.714. The van der Waals surface area contributed by atoms with E-state index in [-0.39, 0.29) is 30.3 Å². The molecule has 0 radical (unpaired) electrons. The topological polar surface area (TPSA) is 68.0 Å². The molecule has 2 aliphatic rings. The van der Waals surface area contributed by atoms with Crippen molar-refractivity contribution in [3.8, 4) is 0 Å². The van der Waals surface area contributed by atoms with E-state index in [1.807, 2.05) is 5.38 Å². The summed E-state index contributed by atoms with van der Waals surface area (Å²) in [6, 6.07) is 0.0447. The molecule has 0 aromatic carbocycles. The van der Waals surface area contributed by atoms with Crippen LogP contribution in [0.1, 0.15) is 44.7 Å². The predicted molar refractivity (Wildman–Crippen MR) is 84.4 cm³/mol. The fourth-order valence-electron chi connectivity index (χ4n) is 3.52. The standard InChI is InChI=1S/C14H21N3OS.ClH/c1-7(2)10-6-19-14(16-10)17-13(18)11-8-3-4-9(5-8)12(11)15;/h6-9,11-12H,3-5,15H2,1-2H3,(H,16,17,18);1H. The van der Waals surface area contributed by atoms with Crippen LogP contribution in [0.2, 0.25) is 0 Å². The van der Waals surface area contributed by atoms with Gasteiger partial charge in [-0.25, -0.2) is 4.98 Å². The first kappa shape index (κ1) is 15.7. The largest absolute Gasteiger partial charge is 0.327 e. The molecule has 4 unspecified atom stereocenters. The van der Waals surface area contributed by atoms with E-state index in [2.05, 4.69) is 24.1 Å². The van der Waals surface area contributed by atoms with Crippen molar-refractivity contribution in [3.63, 3.8) is 0 Å². The lowest BCUT2D eigenvalue weighted by atomic mass is 9.84. The molecule has 4 nitrogen and oxygen atoms in total. The second kappa shape index (κ2) is 6.00. The second-order valence-electron chi connectivity index (χ2n) is 6.16. The van der Waals surface area contributed by atoms with Gasteiger partial charge in [0, 0.05) is 11.4 Å². The van der Waals surface area contributed by atoms with Crippen LogP contribution in [0.4, 0.5) is 5.13 Å². The zero-order valence-corrected chi connectivity index (χ0v) is 13.5. The molecule has 1 heterocycles. The van der Waals surface area contributed by atoms with E-state index >= 15 is 0 Å². The van der Waals surface area contributed by atoms with Crippen molar-refractivity contribution >= 4 is 34.8 Å². The van der Waals surface area contributed by atoms with Crippen LogP contribution in [0.25, 0.3) is 0 Å². The first-order valence-corrected chi connectivity index (χ1v) is 7.96. The van der Waals surface area contributed by atoms with Crippen LogP contribution in [-0.2, 0) is 4.79 Å². The van der Waals surface area contributed by atoms with Crippen molar-refractivity contribution in [3.05, 3.63) is 11.1 Å². The van der Waals surface area contributed by atoms with Gasteiger partial charge in [-0.05, 0) is 37.0 Å². The van der Waals surface area contributed by atoms with Crippen LogP contribution < -0.4 is 11.1 Å². The molecule has 3 N–H and O–H groups in total. The van der Waals surface area contributed by atoms with Crippen LogP contribution in [0.15, 0.2) is 5.38 Å². The molecule has 1 aromatic rings. The van der Waals surface area contributed by atoms with Crippen molar-refractivity contribution in [1.82, 2.24) is 4.98 Å². The summed E-state index contributed by atoms with van der Waals surface area (Å²) in [5.41, 5.74) is 7.23. The highest BCUT2D eigenvalue weighted by molar-refractivity contribution is 7.13. The Morgan fingerprint density at radius 1 is 1.45 bits per heavy atom. The molecule has 2 fully saturated rings. The van der Waals surface area contributed by atoms with Gasteiger partial charge in [0.25, 0.3) is 0 Å². The van der Waals surface area contributed by atoms with Gasteiger partial charge >= 0.3 is 0 Å². The molecule has 1 aromatic heterocycles. The molecular formula is C14H22ClN3OS. The zero-order chi connectivity index (χ0) is 13.6. The number of halogens is 1. The number of hydrogen-bond acceptors (Lipinski definition) is 4. The zero-order valence-electron chi connectivity index (χ0n) is 11.8. The van der Waals surface area contributed by atoms with Gasteiger partial charge in [0.2, 0.25) is 5.91 Å². The summed E-state index contributed by atoms with van der Waals surface area (Å²) in [5.74, 6) is 1.51. The lowest BCUT2D eigenvalue weighted by Gasteiger charge is -2.26. The summed E-state index contributed by atoms with van der Waals surface area (Å²) in [6.45, 7) is 4.21. The lowest BCUT2D eigenvalue weighted by Crippen LogP contribution is -2.42. The molecule has 4 atom stereocenters. The molecular weight excluding hydrogens is 294 g/mol. The highest BCUT2D eigenvalue weighted by Crippen LogP contribution is 2.47. The number of aromatic nitrogens is 1. The Kier molecular flexibility index (Phi) is 4.72. The maximum absolute atomic E-state index is 12.4. The number of carbonyl (C=O) groups is 1. The number of amides is 1. The third-order valence-electron chi connectivity index (χ3n) is 4.63. The second-order valence-corrected chi connectivity index (χ2v) is 7.02. The smallest absolute Gasteiger partial charge is 0.231 e. The number of thiazole rings is 1. The van der Waals surface area contributed by atoms with E-state index in [1.54, 1.807) is 0 Å². The van der Waals surface area contributed by atoms with E-state index < -0.39 is 0 Å². The molecule has 6 heteroatoms. The minimum absolute atomic E-state index is 0. The van der Waals surface area contributed by atoms with Crippen LogP contribution in [0.5, 0.6) is 0 Å². The fourth-order valence-corrected chi connectivity index (χ4v) is 4.40. The Morgan fingerprint density at radius 2 is 2.15 bits per heavy atom. The highest BCUT2D eigenvalue weighted by atomic mass is 35.5. The SMILES string of the molecule is CC(C)c1csc(NC(=O)C2C3CCC(C3)C2N)n1.Cl. The summed E-state index contributed by atoms with van der Waals surface area (Å²) >= 11 is 1.50. The average molecular weight is 316 g/mol. The molecule has 1 amide bonds. The Bertz CT molecular complexity index is 489. The minimum atomic E-state index is -0.00912. The van der Waals surface area contributed by atoms with Gasteiger partial charge in [0.1, 0.15) is 0 Å². The van der Waals surface area contributed by atoms with E-state index in [1.165, 1.54) is 17.8 Å². The van der Waals surface area contributed by atoms with Crippen molar-refractivity contribution in [2.24, 2.45) is 23.5 Å². The Morgan fingerprint density at radius 3 is 2.70 bits per heavy atom. The molecule has 112 valence electrons. The highest BCUT2D eigenvalue weighted by Gasteiger charge is 2.49. The van der Waals surface area contributed by atoms with Gasteiger partial charge < -0.3 is 11.1 Å². The normalized spacial score (nSPS) is 31.4. The van der Waals surface area contributed by atoms with Gasteiger partial charge in [-0.1, -0.05) is 13.8 Å². The molecule has 20 heavy (non-hydrogen) atoms.